The Kier molecular flexibility index (Phi) is 6.24. The molecule has 1 saturated heterocycles. The highest BCUT2D eigenvalue weighted by atomic mass is 35.5. The van der Waals surface area contributed by atoms with Gasteiger partial charge in [-0.05, 0) is 25.3 Å². The summed E-state index contributed by atoms with van der Waals surface area (Å²) in [6, 6.07) is 8.91. The minimum atomic E-state index is -0.199. The maximum absolute atomic E-state index is 12.5. The average molecular weight is 410 g/mol. The third kappa shape index (κ3) is 4.40. The van der Waals surface area contributed by atoms with Gasteiger partial charge in [0.25, 0.3) is 5.56 Å². The van der Waals surface area contributed by atoms with Gasteiger partial charge in [-0.25, -0.2) is 0 Å². The topological polar surface area (TPSA) is 45.5 Å². The SMILES string of the molecule is CN1CCN(C(=O)CCn2c(=O)cc(-c3ccccc3Cl)sc2=S)CC1. The summed E-state index contributed by atoms with van der Waals surface area (Å²) in [5, 5.41) is 0.584. The lowest BCUT2D eigenvalue weighted by Gasteiger charge is -2.32. The van der Waals surface area contributed by atoms with Gasteiger partial charge in [0.05, 0.1) is 0 Å². The standard InChI is InChI=1S/C18H20ClN3O2S2/c1-20-8-10-21(11-9-20)16(23)6-7-22-17(24)12-15(26-18(22)25)13-4-2-3-5-14(13)19/h2-5,12H,6-11H2,1H3. The van der Waals surface area contributed by atoms with Crippen molar-refractivity contribution >= 4 is 41.1 Å². The van der Waals surface area contributed by atoms with Crippen molar-refractivity contribution in [3.63, 3.8) is 0 Å². The van der Waals surface area contributed by atoms with E-state index in [-0.39, 0.29) is 17.9 Å². The fraction of sp³-hybridized carbons (Fsp3) is 0.389. The first kappa shape index (κ1) is 19.2. The van der Waals surface area contributed by atoms with Crippen LogP contribution in [0.4, 0.5) is 0 Å². The summed E-state index contributed by atoms with van der Waals surface area (Å²) in [6.45, 7) is 3.54. The van der Waals surface area contributed by atoms with Gasteiger partial charge in [-0.3, -0.25) is 14.2 Å². The summed E-state index contributed by atoms with van der Waals surface area (Å²) >= 11 is 12.9. The van der Waals surface area contributed by atoms with Crippen molar-refractivity contribution in [2.24, 2.45) is 0 Å². The number of carbonyl (C=O) groups is 1. The van der Waals surface area contributed by atoms with Gasteiger partial charge >= 0.3 is 0 Å². The molecule has 8 heteroatoms. The molecule has 3 rings (SSSR count). The van der Waals surface area contributed by atoms with E-state index in [1.54, 1.807) is 12.1 Å². The van der Waals surface area contributed by atoms with Crippen molar-refractivity contribution in [2.45, 2.75) is 13.0 Å². The molecule has 0 aliphatic carbocycles. The lowest BCUT2D eigenvalue weighted by molar-refractivity contribution is -0.133. The van der Waals surface area contributed by atoms with Crippen molar-refractivity contribution in [3.8, 4) is 10.4 Å². The molecule has 1 aromatic carbocycles. The van der Waals surface area contributed by atoms with Crippen LogP contribution in [0.25, 0.3) is 10.4 Å². The number of likely N-dealkylation sites (N-methyl/N-ethyl adjacent to an activating group) is 1. The zero-order valence-corrected chi connectivity index (χ0v) is 16.9. The number of piperazine rings is 1. The number of carbonyl (C=O) groups excluding carboxylic acids is 1. The van der Waals surface area contributed by atoms with E-state index in [1.165, 1.54) is 15.9 Å². The fourth-order valence-corrected chi connectivity index (χ4v) is 4.55. The number of benzene rings is 1. The first-order chi connectivity index (χ1) is 12.5. The van der Waals surface area contributed by atoms with E-state index < -0.39 is 0 Å². The van der Waals surface area contributed by atoms with Crippen LogP contribution in [0.3, 0.4) is 0 Å². The van der Waals surface area contributed by atoms with Crippen LogP contribution in [0.2, 0.25) is 5.02 Å². The lowest BCUT2D eigenvalue weighted by atomic mass is 10.2. The minimum absolute atomic E-state index is 0.0691. The van der Waals surface area contributed by atoms with Crippen molar-refractivity contribution in [3.05, 3.63) is 49.7 Å². The molecule has 0 saturated carbocycles. The fourth-order valence-electron chi connectivity index (χ4n) is 2.88. The molecule has 1 amide bonds. The van der Waals surface area contributed by atoms with Gasteiger partial charge in [-0.15, -0.1) is 11.3 Å². The van der Waals surface area contributed by atoms with E-state index >= 15 is 0 Å². The first-order valence-corrected chi connectivity index (χ1v) is 10.0. The summed E-state index contributed by atoms with van der Waals surface area (Å²) in [6.07, 6.45) is 0.283. The summed E-state index contributed by atoms with van der Waals surface area (Å²) in [5.41, 5.74) is 0.595. The molecular weight excluding hydrogens is 390 g/mol. The van der Waals surface area contributed by atoms with Crippen molar-refractivity contribution in [1.29, 1.82) is 0 Å². The number of aromatic nitrogens is 1. The van der Waals surface area contributed by atoms with Crippen LogP contribution in [-0.4, -0.2) is 53.5 Å². The number of hydrogen-bond acceptors (Lipinski definition) is 5. The molecule has 0 N–H and O–H groups in total. The highest BCUT2D eigenvalue weighted by Gasteiger charge is 2.19. The van der Waals surface area contributed by atoms with Crippen LogP contribution < -0.4 is 5.56 Å². The normalized spacial score (nSPS) is 15.2. The number of hydrogen-bond donors (Lipinski definition) is 0. The molecule has 2 heterocycles. The summed E-state index contributed by atoms with van der Waals surface area (Å²) < 4.78 is 1.95. The Hall–Kier alpha value is -1.54. The van der Waals surface area contributed by atoms with Crippen molar-refractivity contribution < 1.29 is 4.79 Å². The predicted molar refractivity (Wildman–Crippen MR) is 109 cm³/mol. The van der Waals surface area contributed by atoms with Gasteiger partial charge in [-0.2, -0.15) is 0 Å². The number of nitrogens with zero attached hydrogens (tertiary/aromatic N) is 3. The average Bonchev–Trinajstić information content (AvgIpc) is 2.61. The molecule has 0 radical (unpaired) electrons. The van der Waals surface area contributed by atoms with Crippen LogP contribution in [0.5, 0.6) is 0 Å². The largest absolute Gasteiger partial charge is 0.340 e. The molecule has 1 aliphatic rings. The maximum Gasteiger partial charge on any atom is 0.253 e. The Morgan fingerprint density at radius 2 is 1.92 bits per heavy atom. The zero-order chi connectivity index (χ0) is 18.7. The van der Waals surface area contributed by atoms with Gasteiger partial charge in [0.15, 0.2) is 3.95 Å². The molecule has 0 unspecified atom stereocenters. The van der Waals surface area contributed by atoms with E-state index in [1.807, 2.05) is 30.1 Å². The van der Waals surface area contributed by atoms with E-state index in [4.69, 9.17) is 23.8 Å². The van der Waals surface area contributed by atoms with Crippen LogP contribution in [0, 0.1) is 3.95 Å². The van der Waals surface area contributed by atoms with E-state index in [2.05, 4.69) is 4.90 Å². The smallest absolute Gasteiger partial charge is 0.253 e. The van der Waals surface area contributed by atoms with E-state index in [0.717, 1.165) is 36.6 Å². The molecule has 1 fully saturated rings. The summed E-state index contributed by atoms with van der Waals surface area (Å²) in [7, 11) is 2.05. The second-order valence-corrected chi connectivity index (χ2v) is 8.36. The Morgan fingerprint density at radius 1 is 1.23 bits per heavy atom. The van der Waals surface area contributed by atoms with Crippen LogP contribution >= 0.6 is 35.2 Å². The van der Waals surface area contributed by atoms with Crippen molar-refractivity contribution in [2.75, 3.05) is 33.2 Å². The summed E-state index contributed by atoms with van der Waals surface area (Å²) in [4.78, 5) is 29.7. The number of amides is 1. The lowest BCUT2D eigenvalue weighted by Crippen LogP contribution is -2.47. The Morgan fingerprint density at radius 3 is 2.58 bits per heavy atom. The summed E-state index contributed by atoms with van der Waals surface area (Å²) in [5.74, 6) is 0.0691. The van der Waals surface area contributed by atoms with Gasteiger partial charge in [-0.1, -0.05) is 29.8 Å². The second-order valence-electron chi connectivity index (χ2n) is 6.28. The van der Waals surface area contributed by atoms with E-state index in [9.17, 15) is 9.59 Å². The number of halogens is 1. The molecule has 0 bridgehead atoms. The zero-order valence-electron chi connectivity index (χ0n) is 14.5. The Labute approximate surface area is 166 Å². The molecule has 0 spiro atoms. The maximum atomic E-state index is 12.5. The second kappa shape index (κ2) is 8.43. The molecular formula is C18H20ClN3O2S2. The highest BCUT2D eigenvalue weighted by molar-refractivity contribution is 7.73. The third-order valence-corrected chi connectivity index (χ3v) is 6.24. The Balaban J connectivity index is 1.73. The highest BCUT2D eigenvalue weighted by Crippen LogP contribution is 2.29. The number of rotatable bonds is 4. The van der Waals surface area contributed by atoms with Gasteiger partial charge < -0.3 is 9.80 Å². The minimum Gasteiger partial charge on any atom is -0.340 e. The van der Waals surface area contributed by atoms with Crippen LogP contribution in [0.1, 0.15) is 6.42 Å². The molecule has 5 nitrogen and oxygen atoms in total. The first-order valence-electron chi connectivity index (χ1n) is 8.42. The molecule has 1 aromatic heterocycles. The van der Waals surface area contributed by atoms with Crippen molar-refractivity contribution in [1.82, 2.24) is 14.4 Å². The molecule has 1 aliphatic heterocycles. The molecule has 2 aromatic rings. The Bertz CT molecular complexity index is 886. The quantitative estimate of drug-likeness (QED) is 0.728. The molecule has 26 heavy (non-hydrogen) atoms. The van der Waals surface area contributed by atoms with Crippen LogP contribution in [-0.2, 0) is 11.3 Å². The van der Waals surface area contributed by atoms with Gasteiger partial charge in [0.2, 0.25) is 5.91 Å². The molecule has 138 valence electrons. The monoisotopic (exact) mass is 409 g/mol. The van der Waals surface area contributed by atoms with Gasteiger partial charge in [0.1, 0.15) is 0 Å². The molecule has 0 atom stereocenters. The third-order valence-electron chi connectivity index (χ3n) is 4.48. The van der Waals surface area contributed by atoms with E-state index in [0.29, 0.717) is 15.5 Å². The van der Waals surface area contributed by atoms with Gasteiger partial charge in [0, 0.05) is 60.7 Å². The predicted octanol–water partition coefficient (Wildman–Crippen LogP) is 3.12. The van der Waals surface area contributed by atoms with Crippen LogP contribution in [0.15, 0.2) is 35.1 Å².